The quantitative estimate of drug-likeness (QED) is 0.821. The van der Waals surface area contributed by atoms with Crippen molar-refractivity contribution in [1.82, 2.24) is 9.80 Å². The van der Waals surface area contributed by atoms with E-state index in [2.05, 4.69) is 9.80 Å². The molecule has 0 aliphatic carbocycles. The summed E-state index contributed by atoms with van der Waals surface area (Å²) in [5.74, 6) is 1.86. The molecule has 0 fully saturated rings. The van der Waals surface area contributed by atoms with Gasteiger partial charge in [0.15, 0.2) is 0 Å². The second kappa shape index (κ2) is 6.81. The van der Waals surface area contributed by atoms with Gasteiger partial charge in [-0.1, -0.05) is 23.2 Å². The molecule has 0 spiro atoms. The lowest BCUT2D eigenvalue weighted by Gasteiger charge is -2.33. The first-order chi connectivity index (χ1) is 11.7. The highest BCUT2D eigenvalue weighted by Crippen LogP contribution is 2.29. The van der Waals surface area contributed by atoms with Gasteiger partial charge >= 0.3 is 0 Å². The van der Waals surface area contributed by atoms with Crippen molar-refractivity contribution >= 4 is 23.2 Å². The molecule has 0 unspecified atom stereocenters. The molecule has 0 saturated heterocycles. The zero-order valence-corrected chi connectivity index (χ0v) is 14.7. The first-order valence-corrected chi connectivity index (χ1v) is 8.70. The number of nitrogens with zero attached hydrogens (tertiary/aromatic N) is 2. The van der Waals surface area contributed by atoms with Crippen LogP contribution in [0.25, 0.3) is 0 Å². The first-order valence-electron chi connectivity index (χ1n) is 7.94. The van der Waals surface area contributed by atoms with Crippen LogP contribution in [-0.2, 0) is 13.1 Å². The molecule has 2 aromatic carbocycles. The molecule has 0 N–H and O–H groups in total. The Kier molecular flexibility index (Phi) is 4.55. The summed E-state index contributed by atoms with van der Waals surface area (Å²) in [7, 11) is 0. The van der Waals surface area contributed by atoms with E-state index in [4.69, 9.17) is 32.7 Å². The summed E-state index contributed by atoms with van der Waals surface area (Å²) >= 11 is 12.1. The van der Waals surface area contributed by atoms with Crippen LogP contribution in [0.15, 0.2) is 36.4 Å². The fourth-order valence-electron chi connectivity index (χ4n) is 3.09. The number of ether oxygens (including phenoxy) is 2. The van der Waals surface area contributed by atoms with E-state index in [9.17, 15) is 0 Å². The molecule has 4 nitrogen and oxygen atoms in total. The van der Waals surface area contributed by atoms with Gasteiger partial charge in [0, 0.05) is 47.4 Å². The third-order valence-corrected chi connectivity index (χ3v) is 4.84. The molecule has 6 heteroatoms. The van der Waals surface area contributed by atoms with Gasteiger partial charge < -0.3 is 9.47 Å². The van der Waals surface area contributed by atoms with Gasteiger partial charge in [-0.25, -0.2) is 0 Å². The summed E-state index contributed by atoms with van der Waals surface area (Å²) in [6.07, 6.45) is 0. The Morgan fingerprint density at radius 2 is 1.21 bits per heavy atom. The van der Waals surface area contributed by atoms with Crippen LogP contribution in [0.1, 0.15) is 11.1 Å². The summed E-state index contributed by atoms with van der Waals surface area (Å²) in [5, 5.41) is 1.49. The highest BCUT2D eigenvalue weighted by Gasteiger charge is 2.21. The smallest absolute Gasteiger partial charge is 0.142 e. The van der Waals surface area contributed by atoms with Crippen molar-refractivity contribution < 1.29 is 9.47 Å². The van der Waals surface area contributed by atoms with E-state index in [1.165, 1.54) is 0 Å². The van der Waals surface area contributed by atoms with Crippen LogP contribution in [0.3, 0.4) is 0 Å². The minimum atomic E-state index is 0.603. The van der Waals surface area contributed by atoms with Gasteiger partial charge in [-0.05, 0) is 36.4 Å². The van der Waals surface area contributed by atoms with Crippen molar-refractivity contribution in [2.75, 3.05) is 26.6 Å². The molecule has 24 heavy (non-hydrogen) atoms. The van der Waals surface area contributed by atoms with Gasteiger partial charge in [0.1, 0.15) is 25.0 Å². The van der Waals surface area contributed by atoms with E-state index in [0.29, 0.717) is 13.5 Å². The van der Waals surface area contributed by atoms with Crippen molar-refractivity contribution in [2.45, 2.75) is 13.1 Å². The van der Waals surface area contributed by atoms with E-state index in [-0.39, 0.29) is 0 Å². The fraction of sp³-hybridized carbons (Fsp3) is 0.333. The van der Waals surface area contributed by atoms with Gasteiger partial charge in [-0.2, -0.15) is 0 Å². The van der Waals surface area contributed by atoms with E-state index in [1.807, 2.05) is 36.4 Å². The second-order valence-corrected chi connectivity index (χ2v) is 7.03. The Hall–Kier alpha value is -1.46. The highest BCUT2D eigenvalue weighted by molar-refractivity contribution is 6.31. The lowest BCUT2D eigenvalue weighted by atomic mass is 10.1. The molecule has 2 aliphatic rings. The van der Waals surface area contributed by atoms with E-state index in [1.54, 1.807) is 0 Å². The van der Waals surface area contributed by atoms with Gasteiger partial charge in [0.05, 0.1) is 0 Å². The maximum absolute atomic E-state index is 6.07. The van der Waals surface area contributed by atoms with Crippen LogP contribution >= 0.6 is 23.2 Å². The van der Waals surface area contributed by atoms with Crippen LogP contribution in [-0.4, -0.2) is 36.4 Å². The molecule has 0 radical (unpaired) electrons. The maximum Gasteiger partial charge on any atom is 0.142 e. The molecule has 2 aliphatic heterocycles. The topological polar surface area (TPSA) is 24.9 Å². The van der Waals surface area contributed by atoms with Crippen LogP contribution in [0.2, 0.25) is 10.0 Å². The van der Waals surface area contributed by atoms with Crippen molar-refractivity contribution in [2.24, 2.45) is 0 Å². The number of rotatable bonds is 3. The minimum absolute atomic E-state index is 0.603. The Labute approximate surface area is 151 Å². The third-order valence-electron chi connectivity index (χ3n) is 4.37. The van der Waals surface area contributed by atoms with Gasteiger partial charge in [0.2, 0.25) is 0 Å². The summed E-state index contributed by atoms with van der Waals surface area (Å²) in [5.41, 5.74) is 2.28. The maximum atomic E-state index is 6.07. The molecule has 0 bridgehead atoms. The first kappa shape index (κ1) is 16.0. The molecule has 2 aromatic rings. The van der Waals surface area contributed by atoms with E-state index in [0.717, 1.165) is 58.9 Å². The predicted molar refractivity (Wildman–Crippen MR) is 94.7 cm³/mol. The molecule has 0 atom stereocenters. The zero-order valence-electron chi connectivity index (χ0n) is 13.2. The second-order valence-electron chi connectivity index (χ2n) is 6.16. The Morgan fingerprint density at radius 3 is 1.67 bits per heavy atom. The average molecular weight is 365 g/mol. The normalized spacial score (nSPS) is 17.6. The third kappa shape index (κ3) is 3.47. The highest BCUT2D eigenvalue weighted by atomic mass is 35.5. The van der Waals surface area contributed by atoms with Gasteiger partial charge in [-0.3, -0.25) is 9.80 Å². The molecule has 4 rings (SSSR count). The Morgan fingerprint density at radius 1 is 0.750 bits per heavy atom. The molecule has 0 aromatic heterocycles. The molecular weight excluding hydrogens is 347 g/mol. The Balaban J connectivity index is 1.35. The van der Waals surface area contributed by atoms with Gasteiger partial charge in [-0.15, -0.1) is 0 Å². The monoisotopic (exact) mass is 364 g/mol. The summed E-state index contributed by atoms with van der Waals surface area (Å²) in [4.78, 5) is 4.54. The average Bonchev–Trinajstić information content (AvgIpc) is 2.59. The molecule has 126 valence electrons. The fourth-order valence-corrected chi connectivity index (χ4v) is 3.48. The molecule has 2 heterocycles. The lowest BCUT2D eigenvalue weighted by molar-refractivity contribution is 0.0522. The van der Waals surface area contributed by atoms with Gasteiger partial charge in [0.25, 0.3) is 0 Å². The number of hydrogen-bond acceptors (Lipinski definition) is 4. The van der Waals surface area contributed by atoms with Crippen LogP contribution < -0.4 is 9.47 Å². The van der Waals surface area contributed by atoms with Crippen molar-refractivity contribution in [3.8, 4) is 11.5 Å². The largest absolute Gasteiger partial charge is 0.478 e. The molecule has 0 amide bonds. The number of halogens is 2. The van der Waals surface area contributed by atoms with E-state index >= 15 is 0 Å². The summed E-state index contributed by atoms with van der Waals surface area (Å²) in [6, 6.07) is 11.6. The predicted octanol–water partition coefficient (Wildman–Crippen LogP) is 4.00. The van der Waals surface area contributed by atoms with Crippen LogP contribution in [0.5, 0.6) is 11.5 Å². The van der Waals surface area contributed by atoms with Crippen LogP contribution in [0.4, 0.5) is 0 Å². The zero-order chi connectivity index (χ0) is 16.5. The van der Waals surface area contributed by atoms with Crippen molar-refractivity contribution in [3.63, 3.8) is 0 Å². The standard InChI is InChI=1S/C18H18Cl2N2O2/c19-15-1-3-17-13(7-15)9-21(11-23-17)5-6-22-10-14-8-16(20)2-4-18(14)24-12-22/h1-4,7-8H,5-6,9-12H2. The molecular formula is C18H18Cl2N2O2. The van der Waals surface area contributed by atoms with E-state index < -0.39 is 0 Å². The van der Waals surface area contributed by atoms with Crippen LogP contribution in [0, 0.1) is 0 Å². The SMILES string of the molecule is Clc1ccc2c(c1)CN(CCN1COc3ccc(Cl)cc3C1)CO2. The van der Waals surface area contributed by atoms with Crippen molar-refractivity contribution in [1.29, 1.82) is 0 Å². The number of fused-ring (bicyclic) bond motifs is 2. The number of benzene rings is 2. The molecule has 0 saturated carbocycles. The lowest BCUT2D eigenvalue weighted by Crippen LogP contribution is -2.41. The Bertz CT molecular complexity index is 690. The number of hydrogen-bond donors (Lipinski definition) is 0. The summed E-state index contributed by atoms with van der Waals surface area (Å²) in [6.45, 7) is 4.73. The minimum Gasteiger partial charge on any atom is -0.478 e. The summed E-state index contributed by atoms with van der Waals surface area (Å²) < 4.78 is 11.6. The van der Waals surface area contributed by atoms with Crippen molar-refractivity contribution in [3.05, 3.63) is 57.6 Å².